The van der Waals surface area contributed by atoms with Gasteiger partial charge in [-0.2, -0.15) is 0 Å². The smallest absolute Gasteiger partial charge is 0.260 e. The summed E-state index contributed by atoms with van der Waals surface area (Å²) in [5.41, 5.74) is 5.31. The van der Waals surface area contributed by atoms with Gasteiger partial charge in [0.05, 0.1) is 7.11 Å². The lowest BCUT2D eigenvalue weighted by Crippen LogP contribution is -2.13. The Balaban J connectivity index is 2.19. The number of anilines is 1. The van der Waals surface area contributed by atoms with Crippen molar-refractivity contribution >= 4 is 29.2 Å². The van der Waals surface area contributed by atoms with Crippen LogP contribution in [0, 0.1) is 6.92 Å². The van der Waals surface area contributed by atoms with E-state index in [1.165, 1.54) is 5.56 Å². The van der Waals surface area contributed by atoms with Gasteiger partial charge in [-0.05, 0) is 54.4 Å². The molecule has 0 unspecified atom stereocenters. The average molecular weight is 341 g/mol. The van der Waals surface area contributed by atoms with Crippen LogP contribution in [0.2, 0.25) is 0 Å². The summed E-state index contributed by atoms with van der Waals surface area (Å²) >= 11 is 5.10. The van der Waals surface area contributed by atoms with Gasteiger partial charge in [0.2, 0.25) is 0 Å². The molecule has 0 spiro atoms. The molecule has 0 radical (unpaired) electrons. The monoisotopic (exact) mass is 341 g/mol. The zero-order valence-corrected chi connectivity index (χ0v) is 15.2. The molecular weight excluding hydrogens is 318 g/mol. The van der Waals surface area contributed by atoms with Crippen molar-refractivity contribution in [2.75, 3.05) is 12.4 Å². The highest BCUT2D eigenvalue weighted by molar-refractivity contribution is 7.80. The SMILES string of the molecule is C=Cc1ccc(COc2ccc(CC)cc2C)c(NC(=S)OC)c1. The second-order valence-electron chi connectivity index (χ2n) is 5.48. The highest BCUT2D eigenvalue weighted by Gasteiger charge is 2.08. The summed E-state index contributed by atoms with van der Waals surface area (Å²) in [5.74, 6) is 0.889. The van der Waals surface area contributed by atoms with Crippen LogP contribution in [0.5, 0.6) is 5.75 Å². The first kappa shape index (κ1) is 18.0. The Morgan fingerprint density at radius 2 is 2.04 bits per heavy atom. The Morgan fingerprint density at radius 3 is 2.67 bits per heavy atom. The molecule has 0 saturated carbocycles. The summed E-state index contributed by atoms with van der Waals surface area (Å²) < 4.78 is 11.0. The minimum absolute atomic E-state index is 0.320. The van der Waals surface area contributed by atoms with E-state index in [1.807, 2.05) is 24.3 Å². The number of aryl methyl sites for hydroxylation is 2. The molecule has 3 nitrogen and oxygen atoms in total. The third-order valence-electron chi connectivity index (χ3n) is 3.82. The van der Waals surface area contributed by atoms with Crippen LogP contribution < -0.4 is 10.1 Å². The lowest BCUT2D eigenvalue weighted by atomic mass is 10.1. The van der Waals surface area contributed by atoms with E-state index in [4.69, 9.17) is 21.7 Å². The Bertz CT molecular complexity index is 740. The van der Waals surface area contributed by atoms with E-state index in [9.17, 15) is 0 Å². The molecule has 126 valence electrons. The highest BCUT2D eigenvalue weighted by atomic mass is 32.1. The lowest BCUT2D eigenvalue weighted by molar-refractivity contribution is 0.304. The van der Waals surface area contributed by atoms with Gasteiger partial charge >= 0.3 is 0 Å². The fraction of sp³-hybridized carbons (Fsp3) is 0.250. The number of methoxy groups -OCH3 is 1. The van der Waals surface area contributed by atoms with Gasteiger partial charge in [-0.25, -0.2) is 0 Å². The molecule has 0 aliphatic rings. The third kappa shape index (κ3) is 4.59. The van der Waals surface area contributed by atoms with E-state index in [0.717, 1.165) is 34.5 Å². The second-order valence-corrected chi connectivity index (χ2v) is 5.85. The van der Waals surface area contributed by atoms with Crippen LogP contribution in [-0.4, -0.2) is 12.3 Å². The summed E-state index contributed by atoms with van der Waals surface area (Å²) in [7, 11) is 1.54. The first-order chi connectivity index (χ1) is 11.6. The zero-order chi connectivity index (χ0) is 17.5. The molecule has 0 fully saturated rings. The number of thiocarbonyl (C=S) groups is 1. The van der Waals surface area contributed by atoms with Crippen LogP contribution in [-0.2, 0) is 17.8 Å². The maximum absolute atomic E-state index is 6.00. The Hall–Kier alpha value is -2.33. The minimum atomic E-state index is 0.320. The van der Waals surface area contributed by atoms with Crippen LogP contribution in [0.4, 0.5) is 5.69 Å². The van der Waals surface area contributed by atoms with Crippen molar-refractivity contribution in [3.63, 3.8) is 0 Å². The van der Waals surface area contributed by atoms with Crippen molar-refractivity contribution in [1.29, 1.82) is 0 Å². The second kappa shape index (κ2) is 8.50. The number of nitrogens with one attached hydrogen (secondary N) is 1. The Labute approximate surface area is 149 Å². The highest BCUT2D eigenvalue weighted by Crippen LogP contribution is 2.24. The van der Waals surface area contributed by atoms with E-state index < -0.39 is 0 Å². The van der Waals surface area contributed by atoms with Crippen LogP contribution in [0.15, 0.2) is 43.0 Å². The standard InChI is InChI=1S/C20H23NO2S/c1-5-15-8-10-19(14(3)11-15)23-13-17-9-7-16(6-2)12-18(17)21-20(24)22-4/h6-12H,2,5,13H2,1,3-4H3,(H,21,24). The molecule has 0 saturated heterocycles. The molecule has 2 aromatic carbocycles. The van der Waals surface area contributed by atoms with E-state index in [2.05, 4.69) is 37.9 Å². The number of hydrogen-bond acceptors (Lipinski definition) is 3. The normalized spacial score (nSPS) is 10.1. The zero-order valence-electron chi connectivity index (χ0n) is 14.4. The molecule has 0 aliphatic heterocycles. The summed E-state index contributed by atoms with van der Waals surface area (Å²) in [6, 6.07) is 12.3. The largest absolute Gasteiger partial charge is 0.489 e. The molecule has 0 heterocycles. The molecule has 4 heteroatoms. The predicted molar refractivity (Wildman–Crippen MR) is 105 cm³/mol. The van der Waals surface area contributed by atoms with Crippen molar-refractivity contribution in [3.05, 3.63) is 65.2 Å². The molecule has 2 rings (SSSR count). The van der Waals surface area contributed by atoms with Gasteiger partial charge in [-0.15, -0.1) is 0 Å². The van der Waals surface area contributed by atoms with Crippen molar-refractivity contribution in [2.24, 2.45) is 0 Å². The van der Waals surface area contributed by atoms with Crippen LogP contribution in [0.3, 0.4) is 0 Å². The molecule has 2 aromatic rings. The van der Waals surface area contributed by atoms with Gasteiger partial charge in [0.15, 0.2) is 0 Å². The van der Waals surface area contributed by atoms with E-state index >= 15 is 0 Å². The fourth-order valence-corrected chi connectivity index (χ4v) is 2.48. The van der Waals surface area contributed by atoms with Crippen molar-refractivity contribution in [1.82, 2.24) is 0 Å². The third-order valence-corrected chi connectivity index (χ3v) is 4.09. The maximum atomic E-state index is 6.00. The molecule has 1 N–H and O–H groups in total. The van der Waals surface area contributed by atoms with Gasteiger partial charge in [0.25, 0.3) is 5.17 Å². The molecular formula is C20H23NO2S. The van der Waals surface area contributed by atoms with Gasteiger partial charge in [-0.1, -0.05) is 43.8 Å². The van der Waals surface area contributed by atoms with Gasteiger partial charge in [0, 0.05) is 11.3 Å². The first-order valence-electron chi connectivity index (χ1n) is 7.90. The molecule has 24 heavy (non-hydrogen) atoms. The number of hydrogen-bond donors (Lipinski definition) is 1. The number of benzene rings is 2. The molecule has 0 aliphatic carbocycles. The Morgan fingerprint density at radius 1 is 1.25 bits per heavy atom. The predicted octanol–water partition coefficient (Wildman–Crippen LogP) is 5.12. The molecule has 0 aromatic heterocycles. The number of ether oxygens (including phenoxy) is 2. The van der Waals surface area contributed by atoms with Gasteiger partial charge in [-0.3, -0.25) is 0 Å². The van der Waals surface area contributed by atoms with Crippen molar-refractivity contribution < 1.29 is 9.47 Å². The minimum Gasteiger partial charge on any atom is -0.489 e. The summed E-state index contributed by atoms with van der Waals surface area (Å²) in [6.07, 6.45) is 2.81. The van der Waals surface area contributed by atoms with Crippen LogP contribution in [0.25, 0.3) is 6.08 Å². The van der Waals surface area contributed by atoms with Crippen LogP contribution >= 0.6 is 12.2 Å². The molecule has 0 bridgehead atoms. The topological polar surface area (TPSA) is 30.5 Å². The summed E-state index contributed by atoms with van der Waals surface area (Å²) in [4.78, 5) is 0. The number of rotatable bonds is 6. The van der Waals surface area contributed by atoms with Gasteiger partial charge < -0.3 is 14.8 Å². The van der Waals surface area contributed by atoms with E-state index in [-0.39, 0.29) is 0 Å². The average Bonchev–Trinajstić information content (AvgIpc) is 2.61. The van der Waals surface area contributed by atoms with Crippen LogP contribution in [0.1, 0.15) is 29.2 Å². The molecule has 0 atom stereocenters. The van der Waals surface area contributed by atoms with Crippen molar-refractivity contribution in [2.45, 2.75) is 26.9 Å². The summed E-state index contributed by atoms with van der Waals surface area (Å²) in [6.45, 7) is 8.45. The molecule has 0 amide bonds. The quantitative estimate of drug-likeness (QED) is 0.739. The first-order valence-corrected chi connectivity index (χ1v) is 8.30. The Kier molecular flexibility index (Phi) is 6.38. The van der Waals surface area contributed by atoms with Crippen molar-refractivity contribution in [3.8, 4) is 5.75 Å². The van der Waals surface area contributed by atoms with E-state index in [0.29, 0.717) is 11.8 Å². The lowest BCUT2D eigenvalue weighted by Gasteiger charge is -2.15. The van der Waals surface area contributed by atoms with E-state index in [1.54, 1.807) is 13.2 Å². The maximum Gasteiger partial charge on any atom is 0.260 e. The summed E-state index contributed by atoms with van der Waals surface area (Å²) in [5, 5.41) is 3.41. The fourth-order valence-electron chi connectivity index (χ4n) is 2.37. The van der Waals surface area contributed by atoms with Gasteiger partial charge in [0.1, 0.15) is 12.4 Å².